The molecule has 0 radical (unpaired) electrons. The first-order valence-corrected chi connectivity index (χ1v) is 15.7. The summed E-state index contributed by atoms with van der Waals surface area (Å²) in [4.78, 5) is 0. The molecule has 4 heteroatoms. The first-order valence-electron chi connectivity index (χ1n) is 15.7. The number of rotatable bonds is 3. The minimum atomic E-state index is -0.0444. The van der Waals surface area contributed by atoms with Crippen molar-refractivity contribution in [2.45, 2.75) is 0 Å². The van der Waals surface area contributed by atoms with E-state index in [1.807, 2.05) is 0 Å². The van der Waals surface area contributed by atoms with Crippen molar-refractivity contribution in [3.63, 3.8) is 0 Å². The normalized spacial score (nSPS) is 12.7. The van der Waals surface area contributed by atoms with Gasteiger partial charge < -0.3 is 14.0 Å². The van der Waals surface area contributed by atoms with Gasteiger partial charge in [-0.1, -0.05) is 133 Å². The van der Waals surface area contributed by atoms with Crippen molar-refractivity contribution in [3.8, 4) is 50.9 Å². The molecule has 0 saturated heterocycles. The zero-order valence-electron chi connectivity index (χ0n) is 24.9. The standard InChI is InChI=1S/C42H26BNO2/c1-3-13-27(14-4-1)30-19-11-21-34-41(30)45-38-25-29(44-36-23-9-7-17-32(36)33-18-8-10-24-37(33)44)26-39-40(38)43(34)35-22-12-20-31(42(35)46-39)28-15-5-2-6-16-28/h1-26H. The lowest BCUT2D eigenvalue weighted by atomic mass is 9.34. The van der Waals surface area contributed by atoms with Crippen LogP contribution in [0.2, 0.25) is 0 Å². The van der Waals surface area contributed by atoms with Gasteiger partial charge in [0.2, 0.25) is 0 Å². The molecule has 0 atom stereocenters. The van der Waals surface area contributed by atoms with Crippen LogP contribution in [0, 0.1) is 0 Å². The Hall–Kier alpha value is -6.00. The molecule has 2 aliphatic heterocycles. The molecule has 0 aliphatic carbocycles. The zero-order valence-corrected chi connectivity index (χ0v) is 24.9. The first kappa shape index (κ1) is 25.3. The molecular formula is C42H26BNO2. The van der Waals surface area contributed by atoms with E-state index in [-0.39, 0.29) is 6.71 Å². The quantitative estimate of drug-likeness (QED) is 0.193. The van der Waals surface area contributed by atoms with Gasteiger partial charge in [0.05, 0.1) is 16.7 Å². The third-order valence-electron chi connectivity index (χ3n) is 9.52. The number of para-hydroxylation sites is 4. The molecule has 0 N–H and O–H groups in total. The SMILES string of the molecule is c1ccc(-c2cccc3c2Oc2cc(-n4c5ccccc5c5ccccc54)cc4c2B3c2cccc(-c3ccccc3)c2O4)cc1. The number of ether oxygens (including phenoxy) is 2. The summed E-state index contributed by atoms with van der Waals surface area (Å²) in [5, 5.41) is 2.44. The second kappa shape index (κ2) is 9.75. The average molecular weight is 587 g/mol. The van der Waals surface area contributed by atoms with E-state index in [9.17, 15) is 0 Å². The Balaban J connectivity index is 1.28. The van der Waals surface area contributed by atoms with Gasteiger partial charge in [0.15, 0.2) is 0 Å². The van der Waals surface area contributed by atoms with E-state index in [2.05, 4.69) is 162 Å². The molecule has 46 heavy (non-hydrogen) atoms. The van der Waals surface area contributed by atoms with Crippen LogP contribution in [0.15, 0.2) is 158 Å². The minimum Gasteiger partial charge on any atom is -0.458 e. The molecular weight excluding hydrogens is 561 g/mol. The van der Waals surface area contributed by atoms with Crippen molar-refractivity contribution in [2.24, 2.45) is 0 Å². The highest BCUT2D eigenvalue weighted by molar-refractivity contribution is 6.98. The largest absolute Gasteiger partial charge is 0.458 e. The summed E-state index contributed by atoms with van der Waals surface area (Å²) < 4.78 is 16.4. The molecule has 0 bridgehead atoms. The van der Waals surface area contributed by atoms with Crippen LogP contribution in [0.25, 0.3) is 49.7 Å². The zero-order chi connectivity index (χ0) is 30.2. The number of benzene rings is 7. The van der Waals surface area contributed by atoms with E-state index < -0.39 is 0 Å². The Morgan fingerprint density at radius 1 is 0.435 bits per heavy atom. The predicted octanol–water partition coefficient (Wildman–Crippen LogP) is 8.85. The lowest BCUT2D eigenvalue weighted by Gasteiger charge is -2.35. The van der Waals surface area contributed by atoms with Crippen molar-refractivity contribution in [2.75, 3.05) is 0 Å². The van der Waals surface area contributed by atoms with Crippen molar-refractivity contribution in [3.05, 3.63) is 158 Å². The molecule has 0 unspecified atom stereocenters. The van der Waals surface area contributed by atoms with Gasteiger partial charge in [-0.05, 0) is 34.2 Å². The molecule has 0 amide bonds. The van der Waals surface area contributed by atoms with Crippen molar-refractivity contribution < 1.29 is 9.47 Å². The van der Waals surface area contributed by atoms with Crippen LogP contribution in [0.5, 0.6) is 23.0 Å². The van der Waals surface area contributed by atoms with Crippen molar-refractivity contribution in [1.29, 1.82) is 0 Å². The van der Waals surface area contributed by atoms with Gasteiger partial charge in [-0.25, -0.2) is 0 Å². The molecule has 1 aromatic heterocycles. The number of hydrogen-bond acceptors (Lipinski definition) is 2. The monoisotopic (exact) mass is 587 g/mol. The molecule has 3 nitrogen and oxygen atoms in total. The number of fused-ring (bicyclic) bond motifs is 7. The van der Waals surface area contributed by atoms with Gasteiger partial charge in [-0.2, -0.15) is 0 Å². The van der Waals surface area contributed by atoms with Crippen molar-refractivity contribution in [1.82, 2.24) is 4.57 Å². The summed E-state index contributed by atoms with van der Waals surface area (Å²) in [6.07, 6.45) is 0. The summed E-state index contributed by atoms with van der Waals surface area (Å²) in [6, 6.07) is 55.7. The minimum absolute atomic E-state index is 0.0444. The summed E-state index contributed by atoms with van der Waals surface area (Å²) in [5.41, 5.74) is 11.1. The third kappa shape index (κ3) is 3.61. The maximum absolute atomic E-state index is 7.01. The summed E-state index contributed by atoms with van der Waals surface area (Å²) in [7, 11) is 0. The van der Waals surface area contributed by atoms with Crippen LogP contribution in [0.4, 0.5) is 0 Å². The highest BCUT2D eigenvalue weighted by atomic mass is 16.5. The van der Waals surface area contributed by atoms with Gasteiger partial charge in [0.1, 0.15) is 23.0 Å². The van der Waals surface area contributed by atoms with Crippen LogP contribution in [0.1, 0.15) is 0 Å². The van der Waals surface area contributed by atoms with Gasteiger partial charge >= 0.3 is 0 Å². The maximum atomic E-state index is 7.01. The van der Waals surface area contributed by atoms with Gasteiger partial charge in [-0.15, -0.1) is 0 Å². The molecule has 0 spiro atoms. The molecule has 0 fully saturated rings. The molecule has 8 aromatic rings. The van der Waals surface area contributed by atoms with Gasteiger partial charge in [-0.3, -0.25) is 0 Å². The van der Waals surface area contributed by atoms with E-state index in [0.29, 0.717) is 0 Å². The average Bonchev–Trinajstić information content (AvgIpc) is 3.46. The summed E-state index contributed by atoms with van der Waals surface area (Å²) in [6.45, 7) is -0.0444. The molecule has 2 aliphatic rings. The van der Waals surface area contributed by atoms with E-state index in [0.717, 1.165) is 78.4 Å². The van der Waals surface area contributed by atoms with E-state index in [1.54, 1.807) is 0 Å². The lowest BCUT2D eigenvalue weighted by molar-refractivity contribution is 0.466. The molecule has 3 heterocycles. The second-order valence-electron chi connectivity index (χ2n) is 12.0. The van der Waals surface area contributed by atoms with Gasteiger partial charge in [0, 0.05) is 39.5 Å². The third-order valence-corrected chi connectivity index (χ3v) is 9.52. The summed E-state index contributed by atoms with van der Waals surface area (Å²) in [5.74, 6) is 3.45. The highest BCUT2D eigenvalue weighted by Crippen LogP contribution is 2.43. The van der Waals surface area contributed by atoms with Crippen LogP contribution in [-0.4, -0.2) is 11.3 Å². The van der Waals surface area contributed by atoms with Crippen LogP contribution in [0.3, 0.4) is 0 Å². The van der Waals surface area contributed by atoms with E-state index in [1.165, 1.54) is 10.8 Å². The first-order chi connectivity index (χ1) is 22.8. The molecule has 0 saturated carbocycles. The fourth-order valence-electron chi connectivity index (χ4n) is 7.55. The number of nitrogens with zero attached hydrogens (tertiary/aromatic N) is 1. The maximum Gasteiger partial charge on any atom is 0.260 e. The fraction of sp³-hybridized carbons (Fsp3) is 0. The lowest BCUT2D eigenvalue weighted by Crippen LogP contribution is -2.57. The Labute approximate surface area is 267 Å². The number of aromatic nitrogens is 1. The summed E-state index contributed by atoms with van der Waals surface area (Å²) >= 11 is 0. The van der Waals surface area contributed by atoms with Gasteiger partial charge in [0.25, 0.3) is 6.71 Å². The van der Waals surface area contributed by atoms with Crippen LogP contribution < -0.4 is 25.9 Å². The topological polar surface area (TPSA) is 23.4 Å². The number of hydrogen-bond donors (Lipinski definition) is 0. The second-order valence-corrected chi connectivity index (χ2v) is 12.0. The van der Waals surface area contributed by atoms with Crippen molar-refractivity contribution >= 4 is 44.9 Å². The smallest absolute Gasteiger partial charge is 0.260 e. The highest BCUT2D eigenvalue weighted by Gasteiger charge is 2.42. The van der Waals surface area contributed by atoms with Crippen LogP contribution in [-0.2, 0) is 0 Å². The predicted molar refractivity (Wildman–Crippen MR) is 189 cm³/mol. The molecule has 10 rings (SSSR count). The molecule has 214 valence electrons. The van der Waals surface area contributed by atoms with E-state index in [4.69, 9.17) is 9.47 Å². The Morgan fingerprint density at radius 3 is 1.39 bits per heavy atom. The Bertz CT molecular complexity index is 2320. The van der Waals surface area contributed by atoms with Crippen LogP contribution >= 0.6 is 0 Å². The Kier molecular flexibility index (Phi) is 5.37. The molecule has 7 aromatic carbocycles. The Morgan fingerprint density at radius 2 is 0.891 bits per heavy atom. The fourth-order valence-corrected chi connectivity index (χ4v) is 7.55. The van der Waals surface area contributed by atoms with E-state index >= 15 is 0 Å².